The Morgan fingerprint density at radius 3 is 2.00 bits per heavy atom. The summed E-state index contributed by atoms with van der Waals surface area (Å²) < 4.78 is 1.43. The fraction of sp³-hybridized carbons (Fsp3) is 0. The minimum absolute atomic E-state index is 0. The monoisotopic (exact) mass is 379 g/mol. The number of hydrogen-bond donors (Lipinski definition) is 1. The zero-order chi connectivity index (χ0) is 8.43. The predicted octanol–water partition coefficient (Wildman–Crippen LogP) is 1.82. The normalized spacial score (nSPS) is 8.42. The maximum absolute atomic E-state index is 9.30. The van der Waals surface area contributed by atoms with Crippen LogP contribution in [-0.4, -0.2) is 24.0 Å². The number of benzene rings is 1. The van der Waals surface area contributed by atoms with Crippen molar-refractivity contribution in [2.75, 3.05) is 0 Å². The molecule has 12 heavy (non-hydrogen) atoms. The Kier molecular flexibility index (Phi) is 5.58. The van der Waals surface area contributed by atoms with Crippen molar-refractivity contribution in [2.24, 2.45) is 0 Å². The molecule has 58 valence electrons. The summed E-state index contributed by atoms with van der Waals surface area (Å²) in [6, 6.07) is 5.32. The molecule has 1 aromatic carbocycles. The standard InChI is InChI=1S/C7H3I2NO.Li.H/c8-5-1-4(3-10)2-6(9)7(5)11;;/h1-2,11H;;. The minimum atomic E-state index is 0. The van der Waals surface area contributed by atoms with E-state index in [2.05, 4.69) is 0 Å². The fourth-order valence-corrected chi connectivity index (χ4v) is 2.40. The van der Waals surface area contributed by atoms with Crippen LogP contribution in [0, 0.1) is 18.5 Å². The summed E-state index contributed by atoms with van der Waals surface area (Å²) in [6.45, 7) is 0. The molecular formula is C7H4I2LiNO. The van der Waals surface area contributed by atoms with Gasteiger partial charge in [0.15, 0.2) is 0 Å². The summed E-state index contributed by atoms with van der Waals surface area (Å²) >= 11 is 3.99. The molecule has 0 heterocycles. The van der Waals surface area contributed by atoms with Crippen LogP contribution >= 0.6 is 45.2 Å². The molecule has 0 aromatic heterocycles. The molecule has 0 saturated heterocycles. The van der Waals surface area contributed by atoms with Gasteiger partial charge in [0.05, 0.1) is 18.8 Å². The third-order valence-corrected chi connectivity index (χ3v) is 2.79. The number of hydrogen-bond acceptors (Lipinski definition) is 2. The van der Waals surface area contributed by atoms with Crippen LogP contribution in [0.3, 0.4) is 0 Å². The fourth-order valence-electron chi connectivity index (χ4n) is 0.630. The van der Waals surface area contributed by atoms with Gasteiger partial charge in [-0.2, -0.15) is 5.26 Å². The Labute approximate surface area is 110 Å². The summed E-state index contributed by atoms with van der Waals surface area (Å²) in [5.74, 6) is 0.255. The molecule has 0 spiro atoms. The van der Waals surface area contributed by atoms with Gasteiger partial charge in [0.25, 0.3) is 0 Å². The molecule has 0 atom stereocenters. The van der Waals surface area contributed by atoms with Gasteiger partial charge in [-0.25, -0.2) is 0 Å². The third kappa shape index (κ3) is 2.81. The van der Waals surface area contributed by atoms with Gasteiger partial charge in [-0.15, -0.1) is 0 Å². The van der Waals surface area contributed by atoms with Crippen LogP contribution in [0.1, 0.15) is 5.56 Å². The van der Waals surface area contributed by atoms with E-state index in [1.807, 2.05) is 51.3 Å². The van der Waals surface area contributed by atoms with Gasteiger partial charge in [0.1, 0.15) is 5.75 Å². The number of phenolic OH excluding ortho intramolecular Hbond substituents is 1. The molecule has 0 radical (unpaired) electrons. The van der Waals surface area contributed by atoms with E-state index in [9.17, 15) is 5.11 Å². The molecule has 0 fully saturated rings. The maximum atomic E-state index is 9.30. The van der Waals surface area contributed by atoms with Crippen molar-refractivity contribution in [2.45, 2.75) is 0 Å². The number of nitriles is 1. The van der Waals surface area contributed by atoms with E-state index >= 15 is 0 Å². The van der Waals surface area contributed by atoms with Gasteiger partial charge >= 0.3 is 18.9 Å². The van der Waals surface area contributed by atoms with Crippen molar-refractivity contribution in [1.29, 1.82) is 5.26 Å². The van der Waals surface area contributed by atoms with Crippen LogP contribution in [0.4, 0.5) is 0 Å². The number of phenols is 1. The second-order valence-corrected chi connectivity index (χ2v) is 4.22. The van der Waals surface area contributed by atoms with Crippen LogP contribution < -0.4 is 0 Å². The van der Waals surface area contributed by atoms with E-state index in [1.54, 1.807) is 12.1 Å². The molecule has 1 rings (SSSR count). The number of rotatable bonds is 0. The van der Waals surface area contributed by atoms with Crippen molar-refractivity contribution < 1.29 is 5.11 Å². The van der Waals surface area contributed by atoms with E-state index in [0.717, 1.165) is 0 Å². The molecule has 5 heteroatoms. The topological polar surface area (TPSA) is 44.0 Å². The number of halogens is 2. The van der Waals surface area contributed by atoms with Crippen molar-refractivity contribution >= 4 is 64.0 Å². The summed E-state index contributed by atoms with van der Waals surface area (Å²) in [6.07, 6.45) is 0. The zero-order valence-electron chi connectivity index (χ0n) is 5.31. The Bertz CT molecular complexity index is 312. The van der Waals surface area contributed by atoms with Gasteiger partial charge in [0.2, 0.25) is 0 Å². The van der Waals surface area contributed by atoms with Crippen LogP contribution in [0.25, 0.3) is 0 Å². The van der Waals surface area contributed by atoms with Crippen LogP contribution in [0.15, 0.2) is 12.1 Å². The van der Waals surface area contributed by atoms with Crippen LogP contribution in [0.5, 0.6) is 5.75 Å². The average Bonchev–Trinajstić information content (AvgIpc) is 1.99. The molecule has 2 nitrogen and oxygen atoms in total. The quantitative estimate of drug-likeness (QED) is 0.553. The second kappa shape index (κ2) is 5.33. The predicted molar refractivity (Wildman–Crippen MR) is 65.4 cm³/mol. The first-order chi connectivity index (χ1) is 5.15. The van der Waals surface area contributed by atoms with Gasteiger partial charge < -0.3 is 5.11 Å². The Morgan fingerprint density at radius 2 is 1.67 bits per heavy atom. The first-order valence-electron chi connectivity index (χ1n) is 2.73. The van der Waals surface area contributed by atoms with E-state index < -0.39 is 0 Å². The summed E-state index contributed by atoms with van der Waals surface area (Å²) in [5.41, 5.74) is 0.580. The van der Waals surface area contributed by atoms with Crippen molar-refractivity contribution in [1.82, 2.24) is 0 Å². The van der Waals surface area contributed by atoms with Gasteiger partial charge in [0, 0.05) is 0 Å². The van der Waals surface area contributed by atoms with Crippen molar-refractivity contribution in [3.8, 4) is 11.8 Å². The number of aromatic hydroxyl groups is 1. The molecule has 0 aliphatic rings. The first kappa shape index (κ1) is 12.6. The molecule has 1 N–H and O–H groups in total. The van der Waals surface area contributed by atoms with E-state index in [0.29, 0.717) is 12.7 Å². The van der Waals surface area contributed by atoms with Gasteiger partial charge in [-0.05, 0) is 57.3 Å². The van der Waals surface area contributed by atoms with Crippen molar-refractivity contribution in [3.63, 3.8) is 0 Å². The molecule has 0 saturated carbocycles. The summed E-state index contributed by atoms with van der Waals surface area (Å²) in [7, 11) is 0. The molecule has 0 amide bonds. The molecule has 0 aliphatic carbocycles. The van der Waals surface area contributed by atoms with Crippen molar-refractivity contribution in [3.05, 3.63) is 24.8 Å². The summed E-state index contributed by atoms with van der Waals surface area (Å²) in [4.78, 5) is 0. The number of nitrogens with zero attached hydrogens (tertiary/aromatic N) is 1. The van der Waals surface area contributed by atoms with Gasteiger partial charge in [-0.3, -0.25) is 0 Å². The Hall–Kier alpha value is 0.567. The van der Waals surface area contributed by atoms with Gasteiger partial charge in [-0.1, -0.05) is 0 Å². The Balaban J connectivity index is 0.00000121. The second-order valence-electron chi connectivity index (χ2n) is 1.90. The molecule has 0 bridgehead atoms. The van der Waals surface area contributed by atoms with E-state index in [4.69, 9.17) is 5.26 Å². The van der Waals surface area contributed by atoms with E-state index in [1.165, 1.54) is 0 Å². The molecule has 1 aromatic rings. The van der Waals surface area contributed by atoms with Crippen LogP contribution in [0.2, 0.25) is 0 Å². The zero-order valence-corrected chi connectivity index (χ0v) is 9.62. The first-order valence-corrected chi connectivity index (χ1v) is 4.89. The average molecular weight is 379 g/mol. The molecular weight excluding hydrogens is 375 g/mol. The third-order valence-electron chi connectivity index (χ3n) is 1.15. The molecule has 0 aliphatic heterocycles. The SMILES string of the molecule is N#Cc1cc(I)c(O)c(I)c1.[LiH]. The summed E-state index contributed by atoms with van der Waals surface area (Å²) in [5, 5.41) is 17.8. The Morgan fingerprint density at radius 1 is 1.25 bits per heavy atom. The van der Waals surface area contributed by atoms with E-state index in [-0.39, 0.29) is 24.6 Å². The van der Waals surface area contributed by atoms with Crippen LogP contribution in [-0.2, 0) is 0 Å². The molecule has 0 unspecified atom stereocenters.